The van der Waals surface area contributed by atoms with Gasteiger partial charge < -0.3 is 20.1 Å². The van der Waals surface area contributed by atoms with Gasteiger partial charge in [-0.05, 0) is 19.2 Å². The molecule has 0 amide bonds. The van der Waals surface area contributed by atoms with Crippen molar-refractivity contribution in [3.8, 4) is 11.5 Å². The van der Waals surface area contributed by atoms with Gasteiger partial charge in [-0.3, -0.25) is 4.90 Å². The maximum absolute atomic E-state index is 5.50. The van der Waals surface area contributed by atoms with Gasteiger partial charge in [0.1, 0.15) is 11.5 Å². The summed E-state index contributed by atoms with van der Waals surface area (Å²) in [7, 11) is 5.35. The molecule has 1 unspecified atom stereocenters. The first-order valence-electron chi connectivity index (χ1n) is 6.64. The smallest absolute Gasteiger partial charge is 0.128 e. The Hall–Kier alpha value is -1.30. The van der Waals surface area contributed by atoms with Gasteiger partial charge in [0.2, 0.25) is 0 Å². The lowest BCUT2D eigenvalue weighted by Crippen LogP contribution is -2.48. The summed E-state index contributed by atoms with van der Waals surface area (Å²) in [4.78, 5) is 2.42. The van der Waals surface area contributed by atoms with Gasteiger partial charge in [0.15, 0.2) is 0 Å². The number of piperazine rings is 1. The highest BCUT2D eigenvalue weighted by Crippen LogP contribution is 2.31. The van der Waals surface area contributed by atoms with Gasteiger partial charge >= 0.3 is 0 Å². The maximum atomic E-state index is 5.50. The lowest BCUT2D eigenvalue weighted by atomic mass is 10.1. The van der Waals surface area contributed by atoms with Crippen molar-refractivity contribution in [2.75, 3.05) is 47.4 Å². The lowest BCUT2D eigenvalue weighted by Gasteiger charge is -2.35. The minimum Gasteiger partial charge on any atom is -0.497 e. The molecule has 19 heavy (non-hydrogen) atoms. The molecule has 5 heteroatoms. The fraction of sp³-hybridized carbons (Fsp3) is 0.571. The Balaban J connectivity index is 2.26. The van der Waals surface area contributed by atoms with E-state index in [9.17, 15) is 0 Å². The zero-order chi connectivity index (χ0) is 13.7. The first-order chi connectivity index (χ1) is 9.30. The van der Waals surface area contributed by atoms with Crippen LogP contribution in [0.25, 0.3) is 0 Å². The summed E-state index contributed by atoms with van der Waals surface area (Å²) < 4.78 is 10.7. The Morgan fingerprint density at radius 1 is 1.21 bits per heavy atom. The van der Waals surface area contributed by atoms with Gasteiger partial charge in [-0.25, -0.2) is 0 Å². The highest BCUT2D eigenvalue weighted by molar-refractivity contribution is 5.42. The van der Waals surface area contributed by atoms with E-state index in [0.29, 0.717) is 0 Å². The second-order valence-corrected chi connectivity index (χ2v) is 4.59. The highest BCUT2D eigenvalue weighted by Gasteiger charge is 2.23. The fourth-order valence-electron chi connectivity index (χ4n) is 2.52. The Morgan fingerprint density at radius 2 is 1.95 bits per heavy atom. The average Bonchev–Trinajstić information content (AvgIpc) is 2.49. The number of methoxy groups -OCH3 is 2. The predicted octanol–water partition coefficient (Wildman–Crippen LogP) is 0.827. The fourth-order valence-corrected chi connectivity index (χ4v) is 2.52. The van der Waals surface area contributed by atoms with Gasteiger partial charge in [-0.1, -0.05) is 0 Å². The Kier molecular flexibility index (Phi) is 5.01. The minimum atomic E-state index is 0.169. The molecule has 5 nitrogen and oxygen atoms in total. The van der Waals surface area contributed by atoms with Crippen LogP contribution in [-0.4, -0.2) is 52.3 Å². The van der Waals surface area contributed by atoms with Gasteiger partial charge in [-0.15, -0.1) is 0 Å². The first kappa shape index (κ1) is 14.1. The maximum Gasteiger partial charge on any atom is 0.128 e. The van der Waals surface area contributed by atoms with Gasteiger partial charge in [0, 0.05) is 37.8 Å². The van der Waals surface area contributed by atoms with Crippen LogP contribution < -0.4 is 20.1 Å². The number of hydrogen-bond acceptors (Lipinski definition) is 5. The highest BCUT2D eigenvalue weighted by atomic mass is 16.5. The molecule has 1 saturated heterocycles. The van der Waals surface area contributed by atoms with Crippen LogP contribution in [0.1, 0.15) is 11.7 Å². The van der Waals surface area contributed by atoms with Crippen molar-refractivity contribution in [2.45, 2.75) is 6.17 Å². The predicted molar refractivity (Wildman–Crippen MR) is 75.8 cm³/mol. The molecule has 1 fully saturated rings. The molecule has 106 valence electrons. The molecule has 0 spiro atoms. The molecule has 1 atom stereocenters. The molecule has 1 aromatic carbocycles. The van der Waals surface area contributed by atoms with Crippen LogP contribution in [0.15, 0.2) is 18.2 Å². The molecule has 0 aliphatic carbocycles. The molecule has 0 radical (unpaired) electrons. The van der Waals surface area contributed by atoms with Crippen LogP contribution >= 0.6 is 0 Å². The molecule has 0 aromatic heterocycles. The second-order valence-electron chi connectivity index (χ2n) is 4.59. The van der Waals surface area contributed by atoms with E-state index in [2.05, 4.69) is 21.6 Å². The van der Waals surface area contributed by atoms with Crippen molar-refractivity contribution >= 4 is 0 Å². The third-order valence-corrected chi connectivity index (χ3v) is 3.53. The molecule has 0 bridgehead atoms. The van der Waals surface area contributed by atoms with E-state index < -0.39 is 0 Å². The van der Waals surface area contributed by atoms with Crippen molar-refractivity contribution in [2.24, 2.45) is 0 Å². The molecular weight excluding hydrogens is 242 g/mol. The van der Waals surface area contributed by atoms with E-state index in [4.69, 9.17) is 9.47 Å². The summed E-state index contributed by atoms with van der Waals surface area (Å²) >= 11 is 0. The second kappa shape index (κ2) is 6.75. The monoisotopic (exact) mass is 265 g/mol. The molecule has 1 aliphatic heterocycles. The summed E-state index contributed by atoms with van der Waals surface area (Å²) in [5.74, 6) is 1.67. The van der Waals surface area contributed by atoms with E-state index in [0.717, 1.165) is 43.2 Å². The molecule has 2 N–H and O–H groups in total. The van der Waals surface area contributed by atoms with Gasteiger partial charge in [0.05, 0.1) is 20.4 Å². The van der Waals surface area contributed by atoms with Crippen LogP contribution in [0.2, 0.25) is 0 Å². The lowest BCUT2D eigenvalue weighted by molar-refractivity contribution is 0.150. The largest absolute Gasteiger partial charge is 0.497 e. The Bertz CT molecular complexity index is 406. The number of hydrogen-bond donors (Lipinski definition) is 2. The summed E-state index contributed by atoms with van der Waals surface area (Å²) in [5, 5.41) is 6.75. The standard InChI is InChI=1S/C14H23N3O2/c1-15-14(17-8-6-16-7-9-17)12-5-4-11(18-2)10-13(12)19-3/h4-5,10,14-16H,6-9H2,1-3H3. The number of rotatable bonds is 5. The van der Waals surface area contributed by atoms with Crippen molar-refractivity contribution in [1.82, 2.24) is 15.5 Å². The third-order valence-electron chi connectivity index (χ3n) is 3.53. The number of nitrogens with zero attached hydrogens (tertiary/aromatic N) is 1. The molecular formula is C14H23N3O2. The van der Waals surface area contributed by atoms with Crippen LogP contribution in [-0.2, 0) is 0 Å². The first-order valence-corrected chi connectivity index (χ1v) is 6.64. The van der Waals surface area contributed by atoms with Crippen LogP contribution in [0, 0.1) is 0 Å². The van der Waals surface area contributed by atoms with Crippen LogP contribution in [0.3, 0.4) is 0 Å². The van der Waals surface area contributed by atoms with Gasteiger partial charge in [-0.2, -0.15) is 0 Å². The van der Waals surface area contributed by atoms with Crippen molar-refractivity contribution in [3.63, 3.8) is 0 Å². The molecule has 2 rings (SSSR count). The molecule has 1 aliphatic rings. The van der Waals surface area contributed by atoms with Gasteiger partial charge in [0.25, 0.3) is 0 Å². The summed E-state index contributed by atoms with van der Waals surface area (Å²) in [6.07, 6.45) is 0.169. The number of nitrogens with one attached hydrogen (secondary N) is 2. The van der Waals surface area contributed by atoms with E-state index in [1.165, 1.54) is 0 Å². The zero-order valence-electron chi connectivity index (χ0n) is 11.9. The topological polar surface area (TPSA) is 45.8 Å². The quantitative estimate of drug-likeness (QED) is 0.825. The van der Waals surface area contributed by atoms with Crippen LogP contribution in [0.5, 0.6) is 11.5 Å². The minimum absolute atomic E-state index is 0.169. The normalized spacial score (nSPS) is 18.1. The Morgan fingerprint density at radius 3 is 2.53 bits per heavy atom. The third kappa shape index (κ3) is 3.18. The van der Waals surface area contributed by atoms with E-state index >= 15 is 0 Å². The molecule has 1 aromatic rings. The molecule has 0 saturated carbocycles. The van der Waals surface area contributed by atoms with Crippen molar-refractivity contribution in [3.05, 3.63) is 23.8 Å². The SMILES string of the molecule is CNC(c1ccc(OC)cc1OC)N1CCNCC1. The summed E-state index contributed by atoms with van der Waals surface area (Å²) in [5.41, 5.74) is 1.15. The van der Waals surface area contributed by atoms with E-state index in [-0.39, 0.29) is 6.17 Å². The number of ether oxygens (including phenoxy) is 2. The zero-order valence-corrected chi connectivity index (χ0v) is 11.9. The summed E-state index contributed by atoms with van der Waals surface area (Å²) in [6.45, 7) is 4.11. The van der Waals surface area contributed by atoms with Crippen molar-refractivity contribution in [1.29, 1.82) is 0 Å². The average molecular weight is 265 g/mol. The molecule has 1 heterocycles. The van der Waals surface area contributed by atoms with E-state index in [1.807, 2.05) is 19.2 Å². The van der Waals surface area contributed by atoms with E-state index in [1.54, 1.807) is 14.2 Å². The Labute approximate surface area is 114 Å². The van der Waals surface area contributed by atoms with Crippen LogP contribution in [0.4, 0.5) is 0 Å². The van der Waals surface area contributed by atoms with Crippen molar-refractivity contribution < 1.29 is 9.47 Å². The number of benzene rings is 1. The summed E-state index contributed by atoms with van der Waals surface area (Å²) in [6, 6.07) is 5.98.